The molecule has 1 saturated heterocycles. The van der Waals surface area contributed by atoms with Gasteiger partial charge >= 0.3 is 5.97 Å². The number of nitrogens with one attached hydrogen (secondary N) is 1. The Balaban J connectivity index is 1.33. The quantitative estimate of drug-likeness (QED) is 0.187. The van der Waals surface area contributed by atoms with E-state index in [-0.39, 0.29) is 36.8 Å². The molecule has 10 heteroatoms. The molecule has 2 aliphatic heterocycles. The van der Waals surface area contributed by atoms with E-state index in [4.69, 9.17) is 23.7 Å². The predicted molar refractivity (Wildman–Crippen MR) is 169 cm³/mol. The molecule has 2 heterocycles. The lowest BCUT2D eigenvalue weighted by Gasteiger charge is -2.45. The van der Waals surface area contributed by atoms with Crippen molar-refractivity contribution in [2.45, 2.75) is 50.3 Å². The zero-order chi connectivity index (χ0) is 31.3. The van der Waals surface area contributed by atoms with Gasteiger partial charge in [0.25, 0.3) is 0 Å². The van der Waals surface area contributed by atoms with Crippen molar-refractivity contribution in [2.75, 3.05) is 13.7 Å². The highest BCUT2D eigenvalue weighted by Gasteiger charge is 2.52. The first-order valence-corrected chi connectivity index (χ1v) is 15.5. The molecule has 0 radical (unpaired) electrons. The smallest absolute Gasteiger partial charge is 0.339 e. The SMILES string of the molecule is COc1c(OCc2ccccc2)cc2c(c1OCc1ccccc1)[C@@H]1O[C@H](CNCc3ccc(Br)cc3)[C@@H](O)[C@H](O)[C@H]1OC2=O. The summed E-state index contributed by atoms with van der Waals surface area (Å²) in [7, 11) is 1.50. The number of methoxy groups -OCH3 is 1. The highest BCUT2D eigenvalue weighted by Crippen LogP contribution is 2.51. The minimum absolute atomic E-state index is 0.168. The molecule has 0 unspecified atom stereocenters. The normalized spacial score (nSPS) is 22.1. The van der Waals surface area contributed by atoms with Crippen LogP contribution in [-0.2, 0) is 29.2 Å². The number of aliphatic hydroxyl groups is 2. The summed E-state index contributed by atoms with van der Waals surface area (Å²) in [5.41, 5.74) is 3.42. The second-order valence-corrected chi connectivity index (χ2v) is 11.9. The molecule has 0 spiro atoms. The summed E-state index contributed by atoms with van der Waals surface area (Å²) in [5, 5.41) is 25.5. The van der Waals surface area contributed by atoms with Gasteiger partial charge in [-0.25, -0.2) is 4.79 Å². The van der Waals surface area contributed by atoms with Gasteiger partial charge < -0.3 is 39.2 Å². The fraction of sp³-hybridized carbons (Fsp3) is 0.286. The standard InChI is InChI=1S/C35H34BrNO8/c1-41-31-26(42-19-22-8-4-2-5-9-22)16-25-28(32(31)43-20-23-10-6-3-7-11-23)33-34(45-35(25)40)30(39)29(38)27(44-33)18-37-17-21-12-14-24(36)15-13-21/h2-16,27,29-30,33-34,37-39H,17-20H2,1H3/t27-,29-,30+,33+,34-/m1/s1. The van der Waals surface area contributed by atoms with Crippen LogP contribution in [0.4, 0.5) is 0 Å². The fourth-order valence-electron chi connectivity index (χ4n) is 5.61. The van der Waals surface area contributed by atoms with Crippen molar-refractivity contribution in [1.82, 2.24) is 5.32 Å². The maximum Gasteiger partial charge on any atom is 0.339 e. The topological polar surface area (TPSA) is 116 Å². The highest BCUT2D eigenvalue weighted by atomic mass is 79.9. The molecule has 4 aromatic carbocycles. The number of hydrogen-bond donors (Lipinski definition) is 3. The third-order valence-corrected chi connectivity index (χ3v) is 8.46. The van der Waals surface area contributed by atoms with Crippen LogP contribution in [0, 0.1) is 0 Å². The lowest BCUT2D eigenvalue weighted by molar-refractivity contribution is -0.227. The first kappa shape index (κ1) is 31.1. The number of carbonyl (C=O) groups excluding carboxylic acids is 1. The Kier molecular flexibility index (Phi) is 9.67. The molecule has 0 bridgehead atoms. The second-order valence-electron chi connectivity index (χ2n) is 11.0. The van der Waals surface area contributed by atoms with E-state index in [1.54, 1.807) is 6.07 Å². The van der Waals surface area contributed by atoms with E-state index >= 15 is 0 Å². The van der Waals surface area contributed by atoms with Gasteiger partial charge in [0, 0.05) is 23.1 Å². The number of hydrogen-bond acceptors (Lipinski definition) is 9. The molecule has 4 aromatic rings. The predicted octanol–water partition coefficient (Wildman–Crippen LogP) is 5.11. The third-order valence-electron chi connectivity index (χ3n) is 7.93. The van der Waals surface area contributed by atoms with Gasteiger partial charge in [0.05, 0.1) is 18.8 Å². The van der Waals surface area contributed by atoms with E-state index in [9.17, 15) is 15.0 Å². The molecular formula is C35H34BrNO8. The van der Waals surface area contributed by atoms with Gasteiger partial charge in [-0.1, -0.05) is 88.7 Å². The van der Waals surface area contributed by atoms with Crippen LogP contribution in [0.2, 0.25) is 0 Å². The average molecular weight is 677 g/mol. The first-order valence-electron chi connectivity index (χ1n) is 14.7. The Labute approximate surface area is 269 Å². The number of halogens is 1. The van der Waals surface area contributed by atoms with Crippen LogP contribution in [0.15, 0.2) is 95.5 Å². The van der Waals surface area contributed by atoms with E-state index in [0.29, 0.717) is 17.9 Å². The summed E-state index contributed by atoms with van der Waals surface area (Å²) in [5.74, 6) is 0.134. The molecule has 9 nitrogen and oxygen atoms in total. The molecular weight excluding hydrogens is 642 g/mol. The van der Waals surface area contributed by atoms with Crippen molar-refractivity contribution in [3.05, 3.63) is 123 Å². The zero-order valence-electron chi connectivity index (χ0n) is 24.6. The first-order chi connectivity index (χ1) is 21.9. The second kappa shape index (κ2) is 14.0. The minimum atomic E-state index is -1.40. The average Bonchev–Trinajstić information content (AvgIpc) is 3.07. The highest BCUT2D eigenvalue weighted by molar-refractivity contribution is 9.10. The van der Waals surface area contributed by atoms with Crippen molar-refractivity contribution < 1.29 is 38.7 Å². The van der Waals surface area contributed by atoms with E-state index in [1.165, 1.54) is 7.11 Å². The number of benzene rings is 4. The number of esters is 1. The van der Waals surface area contributed by atoms with E-state index in [1.807, 2.05) is 84.9 Å². The largest absolute Gasteiger partial charge is 0.490 e. The van der Waals surface area contributed by atoms with Gasteiger partial charge in [-0.05, 0) is 34.9 Å². The number of fused-ring (bicyclic) bond motifs is 3. The molecule has 0 saturated carbocycles. The zero-order valence-corrected chi connectivity index (χ0v) is 26.2. The summed E-state index contributed by atoms with van der Waals surface area (Å²) in [6.07, 6.45) is -5.63. The van der Waals surface area contributed by atoms with Gasteiger partial charge in [-0.15, -0.1) is 0 Å². The number of rotatable bonds is 11. The molecule has 0 aliphatic carbocycles. The van der Waals surface area contributed by atoms with Gasteiger partial charge in [-0.3, -0.25) is 0 Å². The van der Waals surface area contributed by atoms with Gasteiger partial charge in [0.15, 0.2) is 17.6 Å². The van der Waals surface area contributed by atoms with Gasteiger partial charge in [0.2, 0.25) is 5.75 Å². The molecule has 234 valence electrons. The number of carbonyl (C=O) groups is 1. The lowest BCUT2D eigenvalue weighted by Crippen LogP contribution is -2.59. The van der Waals surface area contributed by atoms with Gasteiger partial charge in [-0.2, -0.15) is 0 Å². The Morgan fingerprint density at radius 2 is 1.47 bits per heavy atom. The van der Waals surface area contributed by atoms with E-state index in [2.05, 4.69) is 21.2 Å². The molecule has 0 aromatic heterocycles. The molecule has 0 amide bonds. The van der Waals surface area contributed by atoms with Crippen LogP contribution in [0.1, 0.15) is 38.7 Å². The summed E-state index contributed by atoms with van der Waals surface area (Å²) < 4.78 is 31.5. The van der Waals surface area contributed by atoms with Crippen molar-refractivity contribution >= 4 is 21.9 Å². The van der Waals surface area contributed by atoms with E-state index in [0.717, 1.165) is 21.2 Å². The van der Waals surface area contributed by atoms with Gasteiger partial charge in [0.1, 0.15) is 31.5 Å². The summed E-state index contributed by atoms with van der Waals surface area (Å²) >= 11 is 3.44. The summed E-state index contributed by atoms with van der Waals surface area (Å²) in [6, 6.07) is 28.6. The number of ether oxygens (including phenoxy) is 5. The van der Waals surface area contributed by atoms with Crippen molar-refractivity contribution in [3.63, 3.8) is 0 Å². The molecule has 45 heavy (non-hydrogen) atoms. The van der Waals surface area contributed by atoms with Crippen LogP contribution < -0.4 is 19.5 Å². The summed E-state index contributed by atoms with van der Waals surface area (Å²) in [4.78, 5) is 13.4. The third kappa shape index (κ3) is 6.85. The molecule has 2 aliphatic rings. The summed E-state index contributed by atoms with van der Waals surface area (Å²) in [6.45, 7) is 1.15. The minimum Gasteiger partial charge on any atom is -0.490 e. The van der Waals surface area contributed by atoms with Crippen molar-refractivity contribution in [3.8, 4) is 17.2 Å². The Hall–Kier alpha value is -3.93. The van der Waals surface area contributed by atoms with Crippen LogP contribution in [0.3, 0.4) is 0 Å². The maximum atomic E-state index is 13.4. The molecule has 6 rings (SSSR count). The molecule has 1 fully saturated rings. The molecule has 5 atom stereocenters. The maximum absolute atomic E-state index is 13.4. The fourth-order valence-corrected chi connectivity index (χ4v) is 5.88. The number of aliphatic hydroxyl groups excluding tert-OH is 2. The van der Waals surface area contributed by atoms with Crippen molar-refractivity contribution in [1.29, 1.82) is 0 Å². The van der Waals surface area contributed by atoms with Crippen LogP contribution >= 0.6 is 15.9 Å². The van der Waals surface area contributed by atoms with Crippen LogP contribution in [-0.4, -0.2) is 54.3 Å². The van der Waals surface area contributed by atoms with Crippen LogP contribution in [0.25, 0.3) is 0 Å². The Morgan fingerprint density at radius 3 is 2.11 bits per heavy atom. The monoisotopic (exact) mass is 675 g/mol. The Bertz CT molecular complexity index is 1600. The van der Waals surface area contributed by atoms with E-state index < -0.39 is 36.5 Å². The molecule has 3 N–H and O–H groups in total. The van der Waals surface area contributed by atoms with Crippen LogP contribution in [0.5, 0.6) is 17.2 Å². The lowest BCUT2D eigenvalue weighted by atomic mass is 9.86. The van der Waals surface area contributed by atoms with Crippen molar-refractivity contribution in [2.24, 2.45) is 0 Å². The Morgan fingerprint density at radius 1 is 0.822 bits per heavy atom.